The molecule has 110 valence electrons. The van der Waals surface area contributed by atoms with Crippen LogP contribution in [0.25, 0.3) is 0 Å². The fraction of sp³-hybridized carbons (Fsp3) is 0.643. The van der Waals surface area contributed by atoms with Crippen LogP contribution in [0.2, 0.25) is 0 Å². The Morgan fingerprint density at radius 3 is 2.85 bits per heavy atom. The van der Waals surface area contributed by atoms with E-state index < -0.39 is 11.2 Å². The van der Waals surface area contributed by atoms with Crippen molar-refractivity contribution < 1.29 is 4.79 Å². The summed E-state index contributed by atoms with van der Waals surface area (Å²) in [5.41, 5.74) is -1.01. The van der Waals surface area contributed by atoms with Gasteiger partial charge in [-0.2, -0.15) is 0 Å². The summed E-state index contributed by atoms with van der Waals surface area (Å²) in [5, 5.41) is 3.00. The highest BCUT2D eigenvalue weighted by Gasteiger charge is 2.28. The van der Waals surface area contributed by atoms with Crippen LogP contribution >= 0.6 is 0 Å². The summed E-state index contributed by atoms with van der Waals surface area (Å²) in [4.78, 5) is 36.6. The zero-order valence-electron chi connectivity index (χ0n) is 11.9. The summed E-state index contributed by atoms with van der Waals surface area (Å²) < 4.78 is 1.20. The van der Waals surface area contributed by atoms with Gasteiger partial charge in [0.1, 0.15) is 6.54 Å². The van der Waals surface area contributed by atoms with Crippen LogP contribution in [0.5, 0.6) is 0 Å². The standard InChI is InChI=1S/C14H21N3O3/c1-9-4-3-5-11(10(9)2)15-13(19)8-17-7-6-12(18)16-14(17)20/h6-7,9-11H,3-5,8H2,1-2H3,(H,15,19)(H,16,18,20). The number of carbonyl (C=O) groups excluding carboxylic acids is 1. The smallest absolute Gasteiger partial charge is 0.328 e. The molecule has 0 aliphatic heterocycles. The van der Waals surface area contributed by atoms with Crippen molar-refractivity contribution in [3.63, 3.8) is 0 Å². The van der Waals surface area contributed by atoms with Crippen LogP contribution in [-0.2, 0) is 11.3 Å². The van der Waals surface area contributed by atoms with Gasteiger partial charge in [-0.1, -0.05) is 26.7 Å². The second-order valence-electron chi connectivity index (χ2n) is 5.68. The van der Waals surface area contributed by atoms with E-state index in [2.05, 4.69) is 24.1 Å². The van der Waals surface area contributed by atoms with Crippen LogP contribution in [0.4, 0.5) is 0 Å². The van der Waals surface area contributed by atoms with Gasteiger partial charge in [-0.3, -0.25) is 19.1 Å². The molecule has 0 spiro atoms. The van der Waals surface area contributed by atoms with E-state index in [1.54, 1.807) is 0 Å². The second kappa shape index (κ2) is 6.07. The summed E-state index contributed by atoms with van der Waals surface area (Å²) >= 11 is 0. The first kappa shape index (κ1) is 14.6. The minimum absolute atomic E-state index is 0.0623. The molecule has 1 aliphatic carbocycles. The van der Waals surface area contributed by atoms with Crippen LogP contribution in [-0.4, -0.2) is 21.5 Å². The highest BCUT2D eigenvalue weighted by molar-refractivity contribution is 5.76. The minimum atomic E-state index is -0.558. The second-order valence-corrected chi connectivity index (χ2v) is 5.68. The Bertz CT molecular complexity index is 590. The molecule has 1 aromatic heterocycles. The quantitative estimate of drug-likeness (QED) is 0.844. The summed E-state index contributed by atoms with van der Waals surface area (Å²) in [6.07, 6.45) is 4.65. The van der Waals surface area contributed by atoms with Gasteiger partial charge in [-0.05, 0) is 18.3 Å². The topological polar surface area (TPSA) is 84.0 Å². The largest absolute Gasteiger partial charge is 0.352 e. The maximum absolute atomic E-state index is 12.0. The van der Waals surface area contributed by atoms with Crippen LogP contribution in [0, 0.1) is 11.8 Å². The van der Waals surface area contributed by atoms with E-state index in [1.165, 1.54) is 23.3 Å². The first-order valence-corrected chi connectivity index (χ1v) is 7.06. The van der Waals surface area contributed by atoms with E-state index in [1.807, 2.05) is 0 Å². The summed E-state index contributed by atoms with van der Waals surface area (Å²) in [6.45, 7) is 4.30. The average Bonchev–Trinajstić information content (AvgIpc) is 2.38. The Morgan fingerprint density at radius 2 is 2.15 bits per heavy atom. The van der Waals surface area contributed by atoms with Crippen molar-refractivity contribution >= 4 is 5.91 Å². The first-order valence-electron chi connectivity index (χ1n) is 7.06. The number of nitrogens with one attached hydrogen (secondary N) is 2. The number of nitrogens with zero attached hydrogens (tertiary/aromatic N) is 1. The van der Waals surface area contributed by atoms with Crippen molar-refractivity contribution in [3.05, 3.63) is 33.1 Å². The van der Waals surface area contributed by atoms with E-state index in [-0.39, 0.29) is 18.5 Å². The number of H-pyrrole nitrogens is 1. The third kappa shape index (κ3) is 3.37. The number of hydrogen-bond acceptors (Lipinski definition) is 3. The van der Waals surface area contributed by atoms with Crippen molar-refractivity contribution in [2.24, 2.45) is 11.8 Å². The van der Waals surface area contributed by atoms with Crippen LogP contribution in [0.1, 0.15) is 33.1 Å². The molecule has 1 aromatic rings. The molecule has 0 saturated heterocycles. The van der Waals surface area contributed by atoms with Crippen molar-refractivity contribution in [1.82, 2.24) is 14.9 Å². The molecule has 3 unspecified atom stereocenters. The van der Waals surface area contributed by atoms with Gasteiger partial charge in [0.2, 0.25) is 5.91 Å². The highest BCUT2D eigenvalue weighted by Crippen LogP contribution is 2.29. The fourth-order valence-corrected chi connectivity index (χ4v) is 2.76. The predicted molar refractivity (Wildman–Crippen MR) is 75.4 cm³/mol. The van der Waals surface area contributed by atoms with Gasteiger partial charge in [0.25, 0.3) is 5.56 Å². The molecule has 2 N–H and O–H groups in total. The highest BCUT2D eigenvalue weighted by atomic mass is 16.2. The molecule has 1 fully saturated rings. The third-order valence-corrected chi connectivity index (χ3v) is 4.26. The Labute approximate surface area is 117 Å². The molecule has 1 aliphatic rings. The molecule has 1 amide bonds. The molecule has 1 heterocycles. The molecule has 3 atom stereocenters. The van der Waals surface area contributed by atoms with Crippen molar-refractivity contribution in [2.75, 3.05) is 0 Å². The predicted octanol–water partition coefficient (Wildman–Crippen LogP) is 0.477. The van der Waals surface area contributed by atoms with E-state index in [9.17, 15) is 14.4 Å². The van der Waals surface area contributed by atoms with Crippen molar-refractivity contribution in [3.8, 4) is 0 Å². The lowest BCUT2D eigenvalue weighted by Gasteiger charge is -2.34. The lowest BCUT2D eigenvalue weighted by atomic mass is 9.78. The average molecular weight is 279 g/mol. The first-order chi connectivity index (χ1) is 9.47. The number of carbonyl (C=O) groups is 1. The molecule has 0 radical (unpaired) electrons. The molecule has 6 heteroatoms. The van der Waals surface area contributed by atoms with Gasteiger partial charge in [-0.15, -0.1) is 0 Å². The van der Waals surface area contributed by atoms with Crippen LogP contribution in [0.3, 0.4) is 0 Å². The summed E-state index contributed by atoms with van der Waals surface area (Å²) in [5.74, 6) is 0.856. The zero-order valence-corrected chi connectivity index (χ0v) is 11.9. The van der Waals surface area contributed by atoms with Gasteiger partial charge in [-0.25, -0.2) is 4.79 Å². The number of aromatic amines is 1. The monoisotopic (exact) mass is 279 g/mol. The van der Waals surface area contributed by atoms with Crippen molar-refractivity contribution in [1.29, 1.82) is 0 Å². The lowest BCUT2D eigenvalue weighted by Crippen LogP contribution is -2.45. The molecule has 20 heavy (non-hydrogen) atoms. The SMILES string of the molecule is CC1CCCC(NC(=O)Cn2ccc(=O)[nH]c2=O)C1C. The Kier molecular flexibility index (Phi) is 4.42. The van der Waals surface area contributed by atoms with Gasteiger partial charge >= 0.3 is 5.69 Å². The molecular formula is C14H21N3O3. The van der Waals surface area contributed by atoms with E-state index in [0.29, 0.717) is 11.8 Å². The molecular weight excluding hydrogens is 258 g/mol. The third-order valence-electron chi connectivity index (χ3n) is 4.26. The molecule has 0 bridgehead atoms. The minimum Gasteiger partial charge on any atom is -0.352 e. The van der Waals surface area contributed by atoms with Crippen LogP contribution < -0.4 is 16.6 Å². The number of aromatic nitrogens is 2. The van der Waals surface area contributed by atoms with Gasteiger partial charge in [0, 0.05) is 18.3 Å². The normalized spacial score (nSPS) is 26.2. The molecule has 1 saturated carbocycles. The number of hydrogen-bond donors (Lipinski definition) is 2. The number of rotatable bonds is 3. The number of amides is 1. The van der Waals surface area contributed by atoms with E-state index in [0.717, 1.165) is 12.8 Å². The summed E-state index contributed by atoms with van der Waals surface area (Å²) in [6, 6.07) is 1.41. The molecule has 0 aromatic carbocycles. The van der Waals surface area contributed by atoms with E-state index >= 15 is 0 Å². The maximum Gasteiger partial charge on any atom is 0.328 e. The summed E-state index contributed by atoms with van der Waals surface area (Å²) in [7, 11) is 0. The van der Waals surface area contributed by atoms with Crippen LogP contribution in [0.15, 0.2) is 21.9 Å². The Hall–Kier alpha value is -1.85. The van der Waals surface area contributed by atoms with Gasteiger partial charge < -0.3 is 5.32 Å². The van der Waals surface area contributed by atoms with Gasteiger partial charge in [0.05, 0.1) is 0 Å². The zero-order chi connectivity index (χ0) is 14.7. The van der Waals surface area contributed by atoms with Gasteiger partial charge in [0.15, 0.2) is 0 Å². The Balaban J connectivity index is 1.98. The molecule has 2 rings (SSSR count). The van der Waals surface area contributed by atoms with E-state index in [4.69, 9.17) is 0 Å². The Morgan fingerprint density at radius 1 is 1.40 bits per heavy atom. The lowest BCUT2D eigenvalue weighted by molar-refractivity contribution is -0.123. The maximum atomic E-state index is 12.0. The molecule has 6 nitrogen and oxygen atoms in total. The van der Waals surface area contributed by atoms with Crippen molar-refractivity contribution in [2.45, 2.75) is 45.7 Å². The fourth-order valence-electron chi connectivity index (χ4n) is 2.76.